The molecule has 0 aromatic heterocycles. The maximum absolute atomic E-state index is 12.5. The van der Waals surface area contributed by atoms with Gasteiger partial charge in [-0.3, -0.25) is 19.7 Å². The zero-order valence-electron chi connectivity index (χ0n) is 16.9. The molecule has 1 unspecified atom stereocenters. The minimum Gasteiger partial charge on any atom is -0.494 e. The van der Waals surface area contributed by atoms with Crippen LogP contribution in [-0.4, -0.2) is 60.6 Å². The summed E-state index contributed by atoms with van der Waals surface area (Å²) in [6.07, 6.45) is 0.799. The topological polar surface area (TPSA) is 97.0 Å². The van der Waals surface area contributed by atoms with Crippen molar-refractivity contribution in [3.63, 3.8) is 0 Å². The Kier molecular flexibility index (Phi) is 8.38. The summed E-state index contributed by atoms with van der Waals surface area (Å²) in [4.78, 5) is 37.8. The Morgan fingerprint density at radius 3 is 2.62 bits per heavy atom. The summed E-state index contributed by atoms with van der Waals surface area (Å²) in [6.45, 7) is 5.62. The number of ether oxygens (including phenoxy) is 2. The third-order valence-electron chi connectivity index (χ3n) is 4.48. The monoisotopic (exact) mass is 421 g/mol. The molecule has 2 N–H and O–H groups in total. The zero-order chi connectivity index (χ0) is 21.4. The summed E-state index contributed by atoms with van der Waals surface area (Å²) in [5.74, 6) is -0.0107. The van der Waals surface area contributed by atoms with Crippen molar-refractivity contribution >= 4 is 35.1 Å². The van der Waals surface area contributed by atoms with E-state index >= 15 is 0 Å². The fraction of sp³-hybridized carbons (Fsp3) is 0.500. The predicted molar refractivity (Wildman–Crippen MR) is 112 cm³/mol. The van der Waals surface area contributed by atoms with Crippen LogP contribution in [0.3, 0.4) is 0 Å². The molecule has 0 spiro atoms. The number of benzene rings is 1. The number of nitrogens with one attached hydrogen (secondary N) is 2. The van der Waals surface area contributed by atoms with Gasteiger partial charge in [0.15, 0.2) is 5.11 Å². The maximum Gasteiger partial charge on any atom is 0.308 e. The molecule has 0 radical (unpaired) electrons. The largest absolute Gasteiger partial charge is 0.494 e. The third kappa shape index (κ3) is 6.70. The molecule has 1 heterocycles. The molecule has 158 valence electrons. The number of piperazine rings is 1. The van der Waals surface area contributed by atoms with Gasteiger partial charge in [-0.1, -0.05) is 13.8 Å². The molecule has 1 fully saturated rings. The molecular weight excluding hydrogens is 394 g/mol. The Morgan fingerprint density at radius 1 is 1.31 bits per heavy atom. The van der Waals surface area contributed by atoms with Crippen LogP contribution in [0.2, 0.25) is 0 Å². The van der Waals surface area contributed by atoms with Crippen LogP contribution in [0, 0.1) is 5.92 Å². The van der Waals surface area contributed by atoms with Gasteiger partial charge in [0.25, 0.3) is 5.91 Å². The number of thiocarbonyl (C=S) groups is 1. The summed E-state index contributed by atoms with van der Waals surface area (Å²) in [5.41, 5.74) is 0.412. The van der Waals surface area contributed by atoms with Gasteiger partial charge >= 0.3 is 5.97 Å². The normalized spacial score (nSPS) is 16.2. The first-order valence-corrected chi connectivity index (χ1v) is 9.92. The number of carbonyl (C=O) groups is 3. The lowest BCUT2D eigenvalue weighted by Crippen LogP contribution is -2.60. The third-order valence-corrected chi connectivity index (χ3v) is 4.82. The average Bonchev–Trinajstić information content (AvgIpc) is 2.69. The molecular formula is C20H27N3O5S. The highest BCUT2D eigenvalue weighted by molar-refractivity contribution is 7.80. The van der Waals surface area contributed by atoms with Gasteiger partial charge in [0.1, 0.15) is 11.8 Å². The molecule has 1 aromatic rings. The molecule has 2 amide bonds. The van der Waals surface area contributed by atoms with Gasteiger partial charge in [-0.25, -0.2) is 0 Å². The first-order chi connectivity index (χ1) is 13.8. The SMILES string of the molecule is COC(=O)CC1C(=O)NCCN1C(=S)NC(=O)c1ccc(OCCC(C)C)cc1. The van der Waals surface area contributed by atoms with E-state index < -0.39 is 17.9 Å². The van der Waals surface area contributed by atoms with Crippen molar-refractivity contribution in [3.05, 3.63) is 29.8 Å². The highest BCUT2D eigenvalue weighted by Gasteiger charge is 2.34. The number of nitrogens with zero attached hydrogens (tertiary/aromatic N) is 1. The smallest absolute Gasteiger partial charge is 0.308 e. The van der Waals surface area contributed by atoms with Crippen LogP contribution < -0.4 is 15.4 Å². The molecule has 9 heteroatoms. The van der Waals surface area contributed by atoms with E-state index in [1.165, 1.54) is 12.0 Å². The lowest BCUT2D eigenvalue weighted by molar-refractivity contribution is -0.144. The highest BCUT2D eigenvalue weighted by Crippen LogP contribution is 2.14. The van der Waals surface area contributed by atoms with Crippen LogP contribution in [0.1, 0.15) is 37.0 Å². The molecule has 2 rings (SSSR count). The molecule has 0 bridgehead atoms. The van der Waals surface area contributed by atoms with Crippen LogP contribution in [0.15, 0.2) is 24.3 Å². The van der Waals surface area contributed by atoms with Crippen LogP contribution in [0.25, 0.3) is 0 Å². The molecule has 1 aliphatic rings. The van der Waals surface area contributed by atoms with Crippen LogP contribution >= 0.6 is 12.2 Å². The van der Waals surface area contributed by atoms with Crippen molar-refractivity contribution in [1.29, 1.82) is 0 Å². The second kappa shape index (κ2) is 10.8. The quantitative estimate of drug-likeness (QED) is 0.509. The second-order valence-electron chi connectivity index (χ2n) is 7.10. The van der Waals surface area contributed by atoms with E-state index in [4.69, 9.17) is 17.0 Å². The lowest BCUT2D eigenvalue weighted by atomic mass is 10.1. The fourth-order valence-electron chi connectivity index (χ4n) is 2.76. The van der Waals surface area contributed by atoms with Gasteiger partial charge in [-0.05, 0) is 48.8 Å². The number of esters is 1. The van der Waals surface area contributed by atoms with E-state index in [0.29, 0.717) is 36.9 Å². The molecule has 1 aliphatic heterocycles. The number of carbonyl (C=O) groups excluding carboxylic acids is 3. The molecule has 8 nitrogen and oxygen atoms in total. The van der Waals surface area contributed by atoms with Crippen molar-refractivity contribution in [2.45, 2.75) is 32.7 Å². The van der Waals surface area contributed by atoms with Gasteiger partial charge in [0, 0.05) is 18.7 Å². The Bertz CT molecular complexity index is 751. The summed E-state index contributed by atoms with van der Waals surface area (Å²) < 4.78 is 10.3. The Morgan fingerprint density at radius 2 is 2.00 bits per heavy atom. The summed E-state index contributed by atoms with van der Waals surface area (Å²) in [5, 5.41) is 5.41. The van der Waals surface area contributed by atoms with E-state index in [0.717, 1.165) is 6.42 Å². The van der Waals surface area contributed by atoms with Crippen molar-refractivity contribution in [2.75, 3.05) is 26.8 Å². The Balaban J connectivity index is 1.96. The first kappa shape index (κ1) is 22.6. The van der Waals surface area contributed by atoms with E-state index in [1.54, 1.807) is 24.3 Å². The van der Waals surface area contributed by atoms with E-state index in [1.807, 2.05) is 0 Å². The van der Waals surface area contributed by atoms with E-state index in [2.05, 4.69) is 29.2 Å². The highest BCUT2D eigenvalue weighted by atomic mass is 32.1. The van der Waals surface area contributed by atoms with Gasteiger partial charge in [0.2, 0.25) is 5.91 Å². The van der Waals surface area contributed by atoms with Gasteiger partial charge in [-0.2, -0.15) is 0 Å². The van der Waals surface area contributed by atoms with E-state index in [-0.39, 0.29) is 17.4 Å². The molecule has 1 aromatic carbocycles. The Labute approximate surface area is 175 Å². The Hall–Kier alpha value is -2.68. The van der Waals surface area contributed by atoms with Crippen LogP contribution in [-0.2, 0) is 14.3 Å². The van der Waals surface area contributed by atoms with E-state index in [9.17, 15) is 14.4 Å². The van der Waals surface area contributed by atoms with Gasteiger partial charge < -0.3 is 19.7 Å². The summed E-state index contributed by atoms with van der Waals surface area (Å²) >= 11 is 5.31. The molecule has 0 saturated carbocycles. The summed E-state index contributed by atoms with van der Waals surface area (Å²) in [6, 6.07) is 5.94. The van der Waals surface area contributed by atoms with Gasteiger partial charge in [0.05, 0.1) is 20.1 Å². The van der Waals surface area contributed by atoms with Gasteiger partial charge in [-0.15, -0.1) is 0 Å². The number of methoxy groups -OCH3 is 1. The second-order valence-corrected chi connectivity index (χ2v) is 7.48. The minimum absolute atomic E-state index is 0.0935. The zero-order valence-corrected chi connectivity index (χ0v) is 17.7. The summed E-state index contributed by atoms with van der Waals surface area (Å²) in [7, 11) is 1.25. The molecule has 1 saturated heterocycles. The number of rotatable bonds is 7. The standard InChI is InChI=1S/C20H27N3O5S/c1-13(2)8-11-28-15-6-4-14(5-7-15)18(25)22-20(29)23-10-9-21-19(26)16(23)12-17(24)27-3/h4-7,13,16H,8-12H2,1-3H3,(H,21,26)(H,22,25,29). The van der Waals surface area contributed by atoms with Crippen molar-refractivity contribution < 1.29 is 23.9 Å². The lowest BCUT2D eigenvalue weighted by Gasteiger charge is -2.36. The van der Waals surface area contributed by atoms with Crippen molar-refractivity contribution in [1.82, 2.24) is 15.5 Å². The number of hydrogen-bond acceptors (Lipinski definition) is 6. The predicted octanol–water partition coefficient (Wildman–Crippen LogP) is 1.49. The van der Waals surface area contributed by atoms with Crippen LogP contribution in [0.5, 0.6) is 5.75 Å². The fourth-order valence-corrected chi connectivity index (χ4v) is 3.07. The minimum atomic E-state index is -0.819. The molecule has 29 heavy (non-hydrogen) atoms. The number of amides is 2. The van der Waals surface area contributed by atoms with Crippen molar-refractivity contribution in [3.8, 4) is 5.75 Å². The van der Waals surface area contributed by atoms with Crippen molar-refractivity contribution in [2.24, 2.45) is 5.92 Å². The average molecular weight is 422 g/mol. The molecule has 1 atom stereocenters. The molecule has 0 aliphatic carbocycles. The maximum atomic E-state index is 12.5. The van der Waals surface area contributed by atoms with Crippen LogP contribution in [0.4, 0.5) is 0 Å². The number of hydrogen-bond donors (Lipinski definition) is 2. The first-order valence-electron chi connectivity index (χ1n) is 9.51.